The second kappa shape index (κ2) is 4.48. The van der Waals surface area contributed by atoms with E-state index in [4.69, 9.17) is 5.11 Å². The molecule has 1 N–H and O–H groups in total. The molecule has 0 bridgehead atoms. The topological polar surface area (TPSA) is 46.5 Å². The maximum Gasteiger partial charge on any atom is 0.437 e. The van der Waals surface area contributed by atoms with Gasteiger partial charge in [-0.25, -0.2) is 4.79 Å². The highest BCUT2D eigenvalue weighted by atomic mass is 19.4. The Bertz CT molecular complexity index is 242. The summed E-state index contributed by atoms with van der Waals surface area (Å²) in [6.07, 6.45) is -12.3. The number of carbonyl (C=O) groups excluding carboxylic acids is 1. The van der Waals surface area contributed by atoms with Crippen LogP contribution in [0.1, 0.15) is 13.3 Å². The highest BCUT2D eigenvalue weighted by Gasteiger charge is 2.76. The summed E-state index contributed by atoms with van der Waals surface area (Å²) < 4.78 is 75.7. The van der Waals surface area contributed by atoms with Gasteiger partial charge < -0.3 is 9.84 Å². The number of esters is 1. The van der Waals surface area contributed by atoms with Crippen molar-refractivity contribution in [3.63, 3.8) is 0 Å². The van der Waals surface area contributed by atoms with E-state index in [9.17, 15) is 31.1 Å². The standard InChI is InChI=1S/C7H8F6O3/c1-2-3-16-4(14)5(15,6(8,9)10)7(11,12)13/h15H,2-3H2,1H3. The third-order valence-electron chi connectivity index (χ3n) is 1.55. The molecule has 0 fully saturated rings. The third-order valence-corrected chi connectivity index (χ3v) is 1.55. The minimum absolute atomic E-state index is 0.0253. The molecule has 96 valence electrons. The van der Waals surface area contributed by atoms with E-state index >= 15 is 0 Å². The highest BCUT2D eigenvalue weighted by Crippen LogP contribution is 2.43. The van der Waals surface area contributed by atoms with Gasteiger partial charge in [0.05, 0.1) is 6.61 Å². The molecule has 0 aliphatic rings. The van der Waals surface area contributed by atoms with Crippen LogP contribution in [0.5, 0.6) is 0 Å². The van der Waals surface area contributed by atoms with E-state index in [1.54, 1.807) is 0 Å². The van der Waals surface area contributed by atoms with Crippen LogP contribution in [0.4, 0.5) is 26.3 Å². The van der Waals surface area contributed by atoms with Gasteiger partial charge in [-0.15, -0.1) is 0 Å². The van der Waals surface area contributed by atoms with Crippen LogP contribution in [0.15, 0.2) is 0 Å². The molecule has 0 spiro atoms. The predicted molar refractivity (Wildman–Crippen MR) is 38.3 cm³/mol. The molecule has 0 rings (SSSR count). The molecule has 0 saturated carbocycles. The Morgan fingerprint density at radius 2 is 1.50 bits per heavy atom. The Labute approximate surface area is 86.0 Å². The molecule has 0 radical (unpaired) electrons. The van der Waals surface area contributed by atoms with Crippen molar-refractivity contribution in [1.82, 2.24) is 0 Å². The minimum atomic E-state index is -6.18. The molecule has 3 nitrogen and oxygen atoms in total. The molecule has 0 aromatic carbocycles. The van der Waals surface area contributed by atoms with E-state index in [2.05, 4.69) is 4.74 Å². The zero-order chi connectivity index (χ0) is 13.2. The maximum absolute atomic E-state index is 12.0. The molecule has 16 heavy (non-hydrogen) atoms. The van der Waals surface area contributed by atoms with Gasteiger partial charge in [0, 0.05) is 0 Å². The zero-order valence-corrected chi connectivity index (χ0v) is 7.95. The first-order valence-electron chi connectivity index (χ1n) is 4.01. The molecule has 9 heteroatoms. The van der Waals surface area contributed by atoms with Crippen LogP contribution in [0.2, 0.25) is 0 Å². The van der Waals surface area contributed by atoms with Gasteiger partial charge in [-0.05, 0) is 6.42 Å². The second-order valence-electron chi connectivity index (χ2n) is 2.84. The molecule has 0 amide bonds. The summed E-state index contributed by atoms with van der Waals surface area (Å²) in [5.41, 5.74) is -5.48. The smallest absolute Gasteiger partial charge is 0.437 e. The van der Waals surface area contributed by atoms with E-state index in [1.165, 1.54) is 6.92 Å². The van der Waals surface area contributed by atoms with Gasteiger partial charge in [0.1, 0.15) is 0 Å². The molecule has 0 aromatic rings. The third kappa shape index (κ3) is 2.57. The molecule has 0 aliphatic carbocycles. The summed E-state index contributed by atoms with van der Waals surface area (Å²) in [6.45, 7) is 0.723. The number of carbonyl (C=O) groups is 1. The van der Waals surface area contributed by atoms with E-state index in [0.29, 0.717) is 0 Å². The van der Waals surface area contributed by atoms with Crippen LogP contribution in [-0.4, -0.2) is 35.6 Å². The Morgan fingerprint density at radius 1 is 1.12 bits per heavy atom. The van der Waals surface area contributed by atoms with Gasteiger partial charge in [0.25, 0.3) is 0 Å². The van der Waals surface area contributed by atoms with Gasteiger partial charge in [0.2, 0.25) is 0 Å². The van der Waals surface area contributed by atoms with Crippen molar-refractivity contribution < 1.29 is 41.0 Å². The molecule has 0 aliphatic heterocycles. The van der Waals surface area contributed by atoms with Gasteiger partial charge in [0.15, 0.2) is 0 Å². The van der Waals surface area contributed by atoms with E-state index in [0.717, 1.165) is 0 Å². The number of aliphatic hydroxyl groups is 1. The maximum atomic E-state index is 12.0. The van der Waals surface area contributed by atoms with Gasteiger partial charge in [-0.3, -0.25) is 0 Å². The average Bonchev–Trinajstić information content (AvgIpc) is 2.08. The van der Waals surface area contributed by atoms with Crippen molar-refractivity contribution in [3.8, 4) is 0 Å². The zero-order valence-electron chi connectivity index (χ0n) is 7.95. The highest BCUT2D eigenvalue weighted by molar-refractivity contribution is 5.81. The van der Waals surface area contributed by atoms with Crippen LogP contribution in [0.25, 0.3) is 0 Å². The first kappa shape index (κ1) is 15.0. The van der Waals surface area contributed by atoms with Crippen molar-refractivity contribution in [2.75, 3.05) is 6.61 Å². The van der Waals surface area contributed by atoms with Crippen molar-refractivity contribution in [2.45, 2.75) is 31.3 Å². The summed E-state index contributed by atoms with van der Waals surface area (Å²) in [6, 6.07) is 0. The number of rotatable bonds is 3. The van der Waals surface area contributed by atoms with Crippen molar-refractivity contribution in [1.29, 1.82) is 0 Å². The van der Waals surface area contributed by atoms with E-state index in [-0.39, 0.29) is 6.42 Å². The lowest BCUT2D eigenvalue weighted by atomic mass is 10.0. The van der Waals surface area contributed by atoms with Crippen molar-refractivity contribution in [2.24, 2.45) is 0 Å². The van der Waals surface area contributed by atoms with Crippen LogP contribution >= 0.6 is 0 Å². The molecule has 0 aromatic heterocycles. The van der Waals surface area contributed by atoms with E-state index in [1.807, 2.05) is 0 Å². The molecule has 0 atom stereocenters. The fraction of sp³-hybridized carbons (Fsp3) is 0.857. The largest absolute Gasteiger partial charge is 0.463 e. The Morgan fingerprint density at radius 3 is 1.75 bits per heavy atom. The van der Waals surface area contributed by atoms with Crippen LogP contribution < -0.4 is 0 Å². The SMILES string of the molecule is CCCOC(=O)C(O)(C(F)(F)F)C(F)(F)F. The average molecular weight is 254 g/mol. The number of hydrogen-bond acceptors (Lipinski definition) is 3. The molecular weight excluding hydrogens is 246 g/mol. The van der Waals surface area contributed by atoms with Gasteiger partial charge in [-0.2, -0.15) is 26.3 Å². The monoisotopic (exact) mass is 254 g/mol. The molecule has 0 unspecified atom stereocenters. The molecule has 0 heterocycles. The summed E-state index contributed by atoms with van der Waals surface area (Å²) >= 11 is 0. The van der Waals surface area contributed by atoms with Crippen LogP contribution in [-0.2, 0) is 9.53 Å². The first-order valence-corrected chi connectivity index (χ1v) is 4.01. The summed E-state index contributed by atoms with van der Waals surface area (Å²) in [5, 5.41) is 8.45. The van der Waals surface area contributed by atoms with Crippen molar-refractivity contribution in [3.05, 3.63) is 0 Å². The van der Waals surface area contributed by atoms with Crippen molar-refractivity contribution >= 4 is 5.97 Å². The number of halogens is 6. The fourth-order valence-corrected chi connectivity index (χ4v) is 0.691. The first-order chi connectivity index (χ1) is 6.98. The normalized spacial score (nSPS) is 13.8. The summed E-state index contributed by atoms with van der Waals surface area (Å²) in [5.74, 6) is -2.77. The lowest BCUT2D eigenvalue weighted by Gasteiger charge is -2.29. The molecular formula is C7H8F6O3. The van der Waals surface area contributed by atoms with Crippen LogP contribution in [0, 0.1) is 0 Å². The molecule has 0 saturated heterocycles. The van der Waals surface area contributed by atoms with Gasteiger partial charge in [-0.1, -0.05) is 6.92 Å². The predicted octanol–water partition coefficient (Wildman–Crippen LogP) is 1.80. The Kier molecular flexibility index (Phi) is 4.20. The number of ether oxygens (including phenoxy) is 1. The Balaban J connectivity index is 5.19. The van der Waals surface area contributed by atoms with Crippen LogP contribution in [0.3, 0.4) is 0 Å². The Hall–Kier alpha value is -0.990. The lowest BCUT2D eigenvalue weighted by molar-refractivity contribution is -0.356. The lowest BCUT2D eigenvalue weighted by Crippen LogP contribution is -2.63. The quantitative estimate of drug-likeness (QED) is 0.617. The number of alkyl halides is 6. The summed E-state index contributed by atoms with van der Waals surface area (Å²) in [4.78, 5) is 10.6. The number of hydrogen-bond donors (Lipinski definition) is 1. The minimum Gasteiger partial charge on any atom is -0.463 e. The second-order valence-corrected chi connectivity index (χ2v) is 2.84. The van der Waals surface area contributed by atoms with E-state index < -0.39 is 30.5 Å². The summed E-state index contributed by atoms with van der Waals surface area (Å²) in [7, 11) is 0. The van der Waals surface area contributed by atoms with Gasteiger partial charge >= 0.3 is 23.9 Å². The fourth-order valence-electron chi connectivity index (χ4n) is 0.691.